The van der Waals surface area contributed by atoms with Crippen LogP contribution in [0.25, 0.3) is 0 Å². The van der Waals surface area contributed by atoms with Crippen LogP contribution in [0, 0.1) is 10.5 Å². The largest absolute Gasteiger partial charge is 0.484 e. The summed E-state index contributed by atoms with van der Waals surface area (Å²) in [6.45, 7) is 8.00. The second-order valence-corrected chi connectivity index (χ2v) is 10.9. The van der Waals surface area contributed by atoms with Crippen LogP contribution in [-0.2, 0) is 22.6 Å². The molecule has 6 heteroatoms. The van der Waals surface area contributed by atoms with Gasteiger partial charge in [-0.15, -0.1) is 0 Å². The van der Waals surface area contributed by atoms with Crippen LogP contribution in [0.5, 0.6) is 5.75 Å². The molecule has 0 spiro atoms. The van der Waals surface area contributed by atoms with Gasteiger partial charge in [0.15, 0.2) is 6.61 Å². The average Bonchev–Trinajstić information content (AvgIpc) is 2.80. The number of hydrogen-bond acceptors (Lipinski definition) is 3. The molecule has 35 heavy (non-hydrogen) atoms. The standard InChI is InChI=1S/C29H33IN2O3/c1-21-9-8-12-23(17-21)19-32(27(33)20-35-25-15-13-24(30)14-16-25)26(28(34)31-29(2,3)4)18-22-10-6-5-7-11-22/h5-17,26H,18-20H2,1-4H3,(H,31,34)/t26-/m1/s1. The molecule has 0 aliphatic rings. The Hall–Kier alpha value is -2.87. The maximum atomic E-state index is 13.6. The Morgan fingerprint density at radius 2 is 1.60 bits per heavy atom. The molecule has 3 aromatic rings. The lowest BCUT2D eigenvalue weighted by atomic mass is 10.0. The number of amides is 2. The molecule has 0 aromatic heterocycles. The molecule has 1 N–H and O–H groups in total. The van der Waals surface area contributed by atoms with Crippen LogP contribution >= 0.6 is 22.6 Å². The van der Waals surface area contributed by atoms with Crippen molar-refractivity contribution in [2.75, 3.05) is 6.61 Å². The summed E-state index contributed by atoms with van der Waals surface area (Å²) in [5.41, 5.74) is 2.63. The molecule has 0 unspecified atom stereocenters. The van der Waals surface area contributed by atoms with Crippen LogP contribution in [-0.4, -0.2) is 34.9 Å². The molecule has 0 saturated heterocycles. The number of nitrogens with zero attached hydrogens (tertiary/aromatic N) is 1. The lowest BCUT2D eigenvalue weighted by Crippen LogP contribution is -2.55. The molecule has 0 saturated carbocycles. The lowest BCUT2D eigenvalue weighted by molar-refractivity contribution is -0.143. The molecule has 0 aliphatic heterocycles. The zero-order valence-corrected chi connectivity index (χ0v) is 22.9. The van der Waals surface area contributed by atoms with Gasteiger partial charge in [0.25, 0.3) is 5.91 Å². The summed E-state index contributed by atoms with van der Waals surface area (Å²) >= 11 is 2.23. The monoisotopic (exact) mass is 584 g/mol. The molecule has 3 aromatic carbocycles. The van der Waals surface area contributed by atoms with Gasteiger partial charge in [-0.05, 0) is 85.7 Å². The highest BCUT2D eigenvalue weighted by Crippen LogP contribution is 2.18. The zero-order valence-electron chi connectivity index (χ0n) is 20.8. The molecular formula is C29H33IN2O3. The van der Waals surface area contributed by atoms with Gasteiger partial charge in [0, 0.05) is 22.1 Å². The van der Waals surface area contributed by atoms with E-state index in [0.29, 0.717) is 18.7 Å². The van der Waals surface area contributed by atoms with Crippen LogP contribution in [0.3, 0.4) is 0 Å². The second kappa shape index (κ2) is 12.2. The van der Waals surface area contributed by atoms with Crippen LogP contribution in [0.15, 0.2) is 78.9 Å². The number of ether oxygens (including phenoxy) is 1. The SMILES string of the molecule is Cc1cccc(CN(C(=O)COc2ccc(I)cc2)[C@H](Cc2ccccc2)C(=O)NC(C)(C)C)c1. The van der Waals surface area contributed by atoms with Crippen molar-refractivity contribution < 1.29 is 14.3 Å². The normalized spacial score (nSPS) is 12.0. The first-order chi connectivity index (χ1) is 16.6. The van der Waals surface area contributed by atoms with Gasteiger partial charge in [-0.2, -0.15) is 0 Å². The maximum Gasteiger partial charge on any atom is 0.261 e. The average molecular weight is 584 g/mol. The number of aryl methyl sites for hydroxylation is 1. The Morgan fingerprint density at radius 1 is 0.943 bits per heavy atom. The molecule has 0 aliphatic carbocycles. The first kappa shape index (κ1) is 26.7. The minimum Gasteiger partial charge on any atom is -0.484 e. The van der Waals surface area contributed by atoms with Crippen molar-refractivity contribution in [1.82, 2.24) is 10.2 Å². The van der Waals surface area contributed by atoms with Gasteiger partial charge >= 0.3 is 0 Å². The minimum atomic E-state index is -0.690. The topological polar surface area (TPSA) is 58.6 Å². The predicted octanol–water partition coefficient (Wildman–Crippen LogP) is 5.53. The molecule has 5 nitrogen and oxygen atoms in total. The summed E-state index contributed by atoms with van der Waals surface area (Å²) in [4.78, 5) is 28.8. The third-order valence-electron chi connectivity index (χ3n) is 5.38. The van der Waals surface area contributed by atoms with Crippen molar-refractivity contribution in [3.05, 3.63) is 99.1 Å². The highest BCUT2D eigenvalue weighted by molar-refractivity contribution is 14.1. The van der Waals surface area contributed by atoms with Gasteiger partial charge in [-0.25, -0.2) is 0 Å². The summed E-state index contributed by atoms with van der Waals surface area (Å²) in [6, 6.07) is 24.7. The third kappa shape index (κ3) is 8.69. The lowest BCUT2D eigenvalue weighted by Gasteiger charge is -2.33. The molecule has 0 heterocycles. The van der Waals surface area contributed by atoms with Crippen molar-refractivity contribution in [3.8, 4) is 5.75 Å². The Bertz CT molecular complexity index is 1120. The number of halogens is 1. The van der Waals surface area contributed by atoms with E-state index < -0.39 is 11.6 Å². The van der Waals surface area contributed by atoms with Crippen LogP contribution < -0.4 is 10.1 Å². The molecule has 1 atom stereocenters. The van der Waals surface area contributed by atoms with E-state index in [1.807, 2.05) is 107 Å². The maximum absolute atomic E-state index is 13.6. The fourth-order valence-corrected chi connectivity index (χ4v) is 4.13. The molecule has 3 rings (SSSR count). The zero-order chi connectivity index (χ0) is 25.4. The minimum absolute atomic E-state index is 0.152. The number of carbonyl (C=O) groups excluding carboxylic acids is 2. The Kier molecular flexibility index (Phi) is 9.32. The van der Waals surface area contributed by atoms with Gasteiger partial charge in [-0.1, -0.05) is 60.2 Å². The van der Waals surface area contributed by atoms with Crippen molar-refractivity contribution in [2.45, 2.75) is 52.2 Å². The quantitative estimate of drug-likeness (QED) is 0.337. The summed E-state index contributed by atoms with van der Waals surface area (Å²) in [6.07, 6.45) is 0.407. The van der Waals surface area contributed by atoms with Crippen molar-refractivity contribution >= 4 is 34.4 Å². The highest BCUT2D eigenvalue weighted by Gasteiger charge is 2.32. The van der Waals surface area contributed by atoms with Gasteiger partial charge in [0.05, 0.1) is 0 Å². The number of rotatable bonds is 9. The van der Waals surface area contributed by atoms with Gasteiger partial charge in [0.1, 0.15) is 11.8 Å². The molecule has 0 fully saturated rings. The fraction of sp³-hybridized carbons (Fsp3) is 0.310. The van der Waals surface area contributed by atoms with E-state index in [0.717, 1.165) is 20.3 Å². The van der Waals surface area contributed by atoms with E-state index in [1.165, 1.54) is 0 Å². The number of nitrogens with one attached hydrogen (secondary N) is 1. The Labute approximate surface area is 222 Å². The molecule has 2 amide bonds. The van der Waals surface area contributed by atoms with Crippen LogP contribution in [0.1, 0.15) is 37.5 Å². The third-order valence-corrected chi connectivity index (χ3v) is 6.10. The highest BCUT2D eigenvalue weighted by atomic mass is 127. The van der Waals surface area contributed by atoms with Gasteiger partial charge in [0.2, 0.25) is 5.91 Å². The molecular weight excluding hydrogens is 551 g/mol. The Balaban J connectivity index is 1.92. The summed E-state index contributed by atoms with van der Waals surface area (Å²) in [5.74, 6) is 0.194. The number of benzene rings is 3. The van der Waals surface area contributed by atoms with E-state index in [-0.39, 0.29) is 18.4 Å². The van der Waals surface area contributed by atoms with Crippen molar-refractivity contribution in [1.29, 1.82) is 0 Å². The summed E-state index contributed by atoms with van der Waals surface area (Å²) in [7, 11) is 0. The predicted molar refractivity (Wildman–Crippen MR) is 148 cm³/mol. The van der Waals surface area contributed by atoms with E-state index in [1.54, 1.807) is 4.90 Å². The number of carbonyl (C=O) groups is 2. The van der Waals surface area contributed by atoms with Gasteiger partial charge in [-0.3, -0.25) is 9.59 Å². The van der Waals surface area contributed by atoms with E-state index in [9.17, 15) is 9.59 Å². The van der Waals surface area contributed by atoms with Crippen molar-refractivity contribution in [3.63, 3.8) is 0 Å². The fourth-order valence-electron chi connectivity index (χ4n) is 3.77. The van der Waals surface area contributed by atoms with Crippen LogP contribution in [0.4, 0.5) is 0 Å². The van der Waals surface area contributed by atoms with E-state index >= 15 is 0 Å². The molecule has 0 radical (unpaired) electrons. The van der Waals surface area contributed by atoms with Crippen molar-refractivity contribution in [2.24, 2.45) is 0 Å². The van der Waals surface area contributed by atoms with E-state index in [2.05, 4.69) is 27.9 Å². The second-order valence-electron chi connectivity index (χ2n) is 9.70. The molecule has 184 valence electrons. The Morgan fingerprint density at radius 3 is 2.23 bits per heavy atom. The first-order valence-electron chi connectivity index (χ1n) is 11.7. The first-order valence-corrected chi connectivity index (χ1v) is 12.8. The van der Waals surface area contributed by atoms with Gasteiger partial charge < -0.3 is 15.0 Å². The smallest absolute Gasteiger partial charge is 0.261 e. The van der Waals surface area contributed by atoms with E-state index in [4.69, 9.17) is 4.74 Å². The summed E-state index contributed by atoms with van der Waals surface area (Å²) in [5, 5.41) is 3.08. The summed E-state index contributed by atoms with van der Waals surface area (Å²) < 4.78 is 6.91. The number of hydrogen-bond donors (Lipinski definition) is 1. The molecule has 0 bridgehead atoms. The van der Waals surface area contributed by atoms with Crippen LogP contribution in [0.2, 0.25) is 0 Å².